The number of guanidine groups is 1. The van der Waals surface area contributed by atoms with Crippen molar-refractivity contribution in [2.24, 2.45) is 10.9 Å². The van der Waals surface area contributed by atoms with Crippen molar-refractivity contribution in [3.05, 3.63) is 54.1 Å². The molecular weight excluding hydrogens is 503 g/mol. The fourth-order valence-electron chi connectivity index (χ4n) is 4.39. The van der Waals surface area contributed by atoms with Crippen LogP contribution in [0.15, 0.2) is 48.0 Å². The monoisotopic (exact) mass is 538 g/mol. The second kappa shape index (κ2) is 11.8. The lowest BCUT2D eigenvalue weighted by Crippen LogP contribution is -2.48. The van der Waals surface area contributed by atoms with Crippen molar-refractivity contribution in [3.63, 3.8) is 0 Å². The Hall–Kier alpha value is -1.65. The smallest absolute Gasteiger partial charge is 0.193 e. The molecule has 0 radical (unpaired) electrons. The van der Waals surface area contributed by atoms with Gasteiger partial charge in [-0.05, 0) is 23.5 Å². The van der Waals surface area contributed by atoms with Crippen LogP contribution < -0.4 is 5.32 Å². The van der Waals surface area contributed by atoms with Crippen molar-refractivity contribution in [3.8, 4) is 0 Å². The average Bonchev–Trinajstić information content (AvgIpc) is 3.32. The molecule has 0 saturated carbocycles. The number of aromatic nitrogens is 2. The molecule has 2 unspecified atom stereocenters. The third kappa shape index (κ3) is 6.43. The van der Waals surface area contributed by atoms with Gasteiger partial charge in [-0.2, -0.15) is 0 Å². The van der Waals surface area contributed by atoms with E-state index in [1.807, 2.05) is 19.6 Å². The highest BCUT2D eigenvalue weighted by atomic mass is 127. The third-order valence-electron chi connectivity index (χ3n) is 6.32. The lowest BCUT2D eigenvalue weighted by Gasteiger charge is -2.39. The van der Waals surface area contributed by atoms with E-state index in [0.29, 0.717) is 12.0 Å². The molecule has 0 amide bonds. The molecular formula is C23H35IN6O. The SMILES string of the molecule is CN=C(NCc1ccc(CN2CCOCC2)cc1)N1CCC(C)C(n2ccnc2)C1.I. The Morgan fingerprint density at radius 2 is 1.90 bits per heavy atom. The Balaban J connectivity index is 0.00000272. The van der Waals surface area contributed by atoms with Crippen molar-refractivity contribution in [1.29, 1.82) is 0 Å². The van der Waals surface area contributed by atoms with E-state index in [2.05, 4.69) is 67.0 Å². The molecule has 2 fully saturated rings. The molecule has 1 aromatic carbocycles. The average molecular weight is 538 g/mol. The summed E-state index contributed by atoms with van der Waals surface area (Å²) in [4.78, 5) is 13.6. The molecule has 4 rings (SSSR count). The minimum atomic E-state index is 0. The lowest BCUT2D eigenvalue weighted by molar-refractivity contribution is 0.0342. The first-order chi connectivity index (χ1) is 14.7. The van der Waals surface area contributed by atoms with Gasteiger partial charge in [-0.25, -0.2) is 4.98 Å². The highest BCUT2D eigenvalue weighted by molar-refractivity contribution is 14.0. The van der Waals surface area contributed by atoms with Gasteiger partial charge in [0.2, 0.25) is 0 Å². The van der Waals surface area contributed by atoms with Crippen molar-refractivity contribution in [2.75, 3.05) is 46.4 Å². The molecule has 2 aliphatic heterocycles. The summed E-state index contributed by atoms with van der Waals surface area (Å²) in [6.07, 6.45) is 7.01. The largest absolute Gasteiger partial charge is 0.379 e. The van der Waals surface area contributed by atoms with Gasteiger partial charge in [-0.3, -0.25) is 9.89 Å². The molecule has 0 spiro atoms. The highest BCUT2D eigenvalue weighted by Crippen LogP contribution is 2.27. The summed E-state index contributed by atoms with van der Waals surface area (Å²) < 4.78 is 7.67. The van der Waals surface area contributed by atoms with Crippen LogP contribution in [0, 0.1) is 5.92 Å². The Kier molecular flexibility index (Phi) is 9.15. The number of benzene rings is 1. The minimum absolute atomic E-state index is 0. The summed E-state index contributed by atoms with van der Waals surface area (Å²) in [6, 6.07) is 9.37. The number of imidazole rings is 1. The summed E-state index contributed by atoms with van der Waals surface area (Å²) in [6.45, 7) is 9.84. The van der Waals surface area contributed by atoms with Gasteiger partial charge in [-0.15, -0.1) is 24.0 Å². The number of likely N-dealkylation sites (tertiary alicyclic amines) is 1. The molecule has 2 saturated heterocycles. The van der Waals surface area contributed by atoms with Gasteiger partial charge < -0.3 is 19.5 Å². The first kappa shape index (κ1) is 24.0. The van der Waals surface area contributed by atoms with Crippen LogP contribution >= 0.6 is 24.0 Å². The predicted octanol–water partition coefficient (Wildman–Crippen LogP) is 2.99. The Bertz CT molecular complexity index is 804. The number of nitrogens with one attached hydrogen (secondary N) is 1. The van der Waals surface area contributed by atoms with Crippen LogP contribution in [0.4, 0.5) is 0 Å². The zero-order valence-electron chi connectivity index (χ0n) is 18.6. The summed E-state index contributed by atoms with van der Waals surface area (Å²) >= 11 is 0. The Morgan fingerprint density at radius 3 is 2.58 bits per heavy atom. The molecule has 0 aliphatic carbocycles. The van der Waals surface area contributed by atoms with E-state index in [1.54, 1.807) is 0 Å². The maximum absolute atomic E-state index is 5.44. The molecule has 2 aromatic rings. The quantitative estimate of drug-likeness (QED) is 0.361. The molecule has 2 atom stereocenters. The van der Waals surface area contributed by atoms with Gasteiger partial charge in [0.1, 0.15) is 0 Å². The first-order valence-electron chi connectivity index (χ1n) is 11.0. The van der Waals surface area contributed by atoms with Gasteiger partial charge in [0.25, 0.3) is 0 Å². The number of hydrogen-bond acceptors (Lipinski definition) is 4. The predicted molar refractivity (Wildman–Crippen MR) is 135 cm³/mol. The molecule has 1 N–H and O–H groups in total. The summed E-state index contributed by atoms with van der Waals surface area (Å²) in [5.41, 5.74) is 2.64. The second-order valence-corrected chi connectivity index (χ2v) is 8.40. The van der Waals surface area contributed by atoms with Crippen LogP contribution in [0.3, 0.4) is 0 Å². The lowest BCUT2D eigenvalue weighted by atomic mass is 9.93. The fourth-order valence-corrected chi connectivity index (χ4v) is 4.39. The van der Waals surface area contributed by atoms with E-state index in [9.17, 15) is 0 Å². The number of halogens is 1. The molecule has 8 heteroatoms. The van der Waals surface area contributed by atoms with Crippen LogP contribution in [-0.4, -0.2) is 71.8 Å². The first-order valence-corrected chi connectivity index (χ1v) is 11.0. The van der Waals surface area contributed by atoms with Crippen molar-refractivity contribution >= 4 is 29.9 Å². The van der Waals surface area contributed by atoms with Crippen LogP contribution in [0.25, 0.3) is 0 Å². The topological polar surface area (TPSA) is 57.9 Å². The zero-order valence-corrected chi connectivity index (χ0v) is 20.9. The molecule has 3 heterocycles. The van der Waals surface area contributed by atoms with Crippen LogP contribution in [0.5, 0.6) is 0 Å². The molecule has 7 nitrogen and oxygen atoms in total. The van der Waals surface area contributed by atoms with Crippen molar-refractivity contribution in [1.82, 2.24) is 24.7 Å². The standard InChI is InChI=1S/C23H34N6O.HI/c1-19-7-9-28(17-22(19)29-10-8-25-18-29)23(24-2)26-15-20-3-5-21(6-4-20)16-27-11-13-30-14-12-27;/h3-6,8,10,18-19,22H,7,9,11-17H2,1-2H3,(H,24,26);1H. The number of morpholine rings is 1. The number of nitrogens with zero attached hydrogens (tertiary/aromatic N) is 5. The van der Waals surface area contributed by atoms with E-state index < -0.39 is 0 Å². The van der Waals surface area contributed by atoms with Crippen molar-refractivity contribution < 1.29 is 4.74 Å². The van der Waals surface area contributed by atoms with Gasteiger partial charge in [0.05, 0.1) is 25.6 Å². The van der Waals surface area contributed by atoms with Crippen LogP contribution in [0.2, 0.25) is 0 Å². The van der Waals surface area contributed by atoms with Gasteiger partial charge >= 0.3 is 0 Å². The Morgan fingerprint density at radius 1 is 1.16 bits per heavy atom. The maximum atomic E-state index is 5.44. The van der Waals surface area contributed by atoms with Crippen LogP contribution in [0.1, 0.15) is 30.5 Å². The zero-order chi connectivity index (χ0) is 20.8. The second-order valence-electron chi connectivity index (χ2n) is 8.40. The molecule has 1 aromatic heterocycles. The molecule has 170 valence electrons. The van der Waals surface area contributed by atoms with E-state index in [0.717, 1.165) is 64.9 Å². The normalized spacial score (nSPS) is 22.8. The highest BCUT2D eigenvalue weighted by Gasteiger charge is 2.28. The summed E-state index contributed by atoms with van der Waals surface area (Å²) in [5, 5.41) is 3.56. The minimum Gasteiger partial charge on any atom is -0.379 e. The van der Waals surface area contributed by atoms with E-state index in [4.69, 9.17) is 4.74 Å². The number of piperidine rings is 1. The van der Waals surface area contributed by atoms with E-state index in [-0.39, 0.29) is 24.0 Å². The summed E-state index contributed by atoms with van der Waals surface area (Å²) in [7, 11) is 1.87. The van der Waals surface area contributed by atoms with Gasteiger partial charge in [0.15, 0.2) is 5.96 Å². The summed E-state index contributed by atoms with van der Waals surface area (Å²) in [5.74, 6) is 1.61. The number of rotatable bonds is 5. The molecule has 2 aliphatic rings. The number of ether oxygens (including phenoxy) is 1. The van der Waals surface area contributed by atoms with Gasteiger partial charge in [0, 0.05) is 58.7 Å². The van der Waals surface area contributed by atoms with E-state index >= 15 is 0 Å². The van der Waals surface area contributed by atoms with E-state index in [1.165, 1.54) is 11.1 Å². The van der Waals surface area contributed by atoms with Gasteiger partial charge in [-0.1, -0.05) is 31.2 Å². The van der Waals surface area contributed by atoms with Crippen LogP contribution in [-0.2, 0) is 17.8 Å². The Labute approximate surface area is 202 Å². The van der Waals surface area contributed by atoms with Crippen molar-refractivity contribution in [2.45, 2.75) is 32.5 Å². The third-order valence-corrected chi connectivity index (χ3v) is 6.32. The molecule has 0 bridgehead atoms. The molecule has 31 heavy (non-hydrogen) atoms. The maximum Gasteiger partial charge on any atom is 0.193 e. The number of hydrogen-bond donors (Lipinski definition) is 1. The number of aliphatic imine (C=N–C) groups is 1. The fraction of sp³-hybridized carbons (Fsp3) is 0.565.